The number of rotatable bonds is 4. The summed E-state index contributed by atoms with van der Waals surface area (Å²) in [4.78, 5) is 26.9. The number of nitrogens with zero attached hydrogens (tertiary/aromatic N) is 1. The molecule has 0 bridgehead atoms. The number of carbonyl (C=O) groups excluding carboxylic acids is 2. The van der Waals surface area contributed by atoms with Gasteiger partial charge in [0.25, 0.3) is 5.91 Å². The molecule has 2 aromatic rings. The number of hydrogen-bond donors (Lipinski definition) is 2. The first-order valence-corrected chi connectivity index (χ1v) is 9.12. The van der Waals surface area contributed by atoms with Crippen molar-refractivity contribution in [3.63, 3.8) is 0 Å². The zero-order valence-electron chi connectivity index (χ0n) is 14.4. The van der Waals surface area contributed by atoms with Crippen LogP contribution >= 0.6 is 12.6 Å². The summed E-state index contributed by atoms with van der Waals surface area (Å²) >= 11 is 4.32. The Hall–Kier alpha value is -2.47. The lowest BCUT2D eigenvalue weighted by Gasteiger charge is -2.31. The number of benzene rings is 2. The molecule has 136 valence electrons. The van der Waals surface area contributed by atoms with Crippen molar-refractivity contribution in [2.75, 3.05) is 13.1 Å². The van der Waals surface area contributed by atoms with Crippen molar-refractivity contribution in [1.29, 1.82) is 0 Å². The highest BCUT2D eigenvalue weighted by Crippen LogP contribution is 2.16. The Morgan fingerprint density at radius 2 is 1.69 bits per heavy atom. The number of nitrogens with one attached hydrogen (secondary N) is 1. The number of ether oxygens (including phenoxy) is 1. The molecular formula is C20H22N2O3S. The Morgan fingerprint density at radius 3 is 2.38 bits per heavy atom. The van der Waals surface area contributed by atoms with E-state index >= 15 is 0 Å². The van der Waals surface area contributed by atoms with E-state index in [1.54, 1.807) is 17.0 Å². The molecule has 0 unspecified atom stereocenters. The molecule has 0 atom stereocenters. The molecule has 1 heterocycles. The maximum Gasteiger partial charge on any atom is 0.410 e. The molecule has 3 rings (SSSR count). The van der Waals surface area contributed by atoms with Crippen LogP contribution in [0.25, 0.3) is 0 Å². The molecule has 5 nitrogen and oxygen atoms in total. The first-order valence-electron chi connectivity index (χ1n) is 8.68. The van der Waals surface area contributed by atoms with Gasteiger partial charge in [0.15, 0.2) is 0 Å². The molecule has 26 heavy (non-hydrogen) atoms. The lowest BCUT2D eigenvalue weighted by molar-refractivity contribution is 0.0808. The van der Waals surface area contributed by atoms with E-state index < -0.39 is 0 Å². The zero-order valence-corrected chi connectivity index (χ0v) is 15.3. The van der Waals surface area contributed by atoms with Gasteiger partial charge in [0, 0.05) is 24.0 Å². The van der Waals surface area contributed by atoms with Gasteiger partial charge in [0.2, 0.25) is 0 Å². The van der Waals surface area contributed by atoms with Gasteiger partial charge in [0.1, 0.15) is 6.61 Å². The van der Waals surface area contributed by atoms with Gasteiger partial charge in [0.05, 0.1) is 5.56 Å². The largest absolute Gasteiger partial charge is 0.445 e. The van der Waals surface area contributed by atoms with Crippen LogP contribution in [0.1, 0.15) is 28.8 Å². The van der Waals surface area contributed by atoms with Crippen molar-refractivity contribution in [1.82, 2.24) is 10.2 Å². The predicted octanol–water partition coefficient (Wildman–Crippen LogP) is 3.51. The number of hydrogen-bond acceptors (Lipinski definition) is 4. The van der Waals surface area contributed by atoms with E-state index in [0.29, 0.717) is 36.4 Å². The van der Waals surface area contributed by atoms with E-state index in [2.05, 4.69) is 17.9 Å². The molecule has 6 heteroatoms. The average Bonchev–Trinajstić information content (AvgIpc) is 2.68. The summed E-state index contributed by atoms with van der Waals surface area (Å²) in [5.41, 5.74) is 1.54. The third-order valence-corrected chi connectivity index (χ3v) is 4.83. The fraction of sp³-hybridized carbons (Fsp3) is 0.300. The van der Waals surface area contributed by atoms with Gasteiger partial charge in [-0.2, -0.15) is 0 Å². The minimum atomic E-state index is -0.306. The molecular weight excluding hydrogens is 348 g/mol. The van der Waals surface area contributed by atoms with Crippen molar-refractivity contribution in [2.24, 2.45) is 0 Å². The predicted molar refractivity (Wildman–Crippen MR) is 102 cm³/mol. The van der Waals surface area contributed by atoms with Crippen LogP contribution in [0.2, 0.25) is 0 Å². The summed E-state index contributed by atoms with van der Waals surface area (Å²) < 4.78 is 5.36. The van der Waals surface area contributed by atoms with Crippen LogP contribution in [0.3, 0.4) is 0 Å². The number of thiol groups is 1. The van der Waals surface area contributed by atoms with Crippen LogP contribution in [0.5, 0.6) is 0 Å². The van der Waals surface area contributed by atoms with Gasteiger partial charge in [-0.15, -0.1) is 12.6 Å². The highest BCUT2D eigenvalue weighted by Gasteiger charge is 2.25. The highest BCUT2D eigenvalue weighted by molar-refractivity contribution is 7.80. The van der Waals surface area contributed by atoms with Crippen LogP contribution in [0.4, 0.5) is 4.79 Å². The molecule has 1 aliphatic heterocycles. The van der Waals surface area contributed by atoms with Gasteiger partial charge in [-0.05, 0) is 30.5 Å². The van der Waals surface area contributed by atoms with Crippen LogP contribution in [-0.2, 0) is 11.3 Å². The van der Waals surface area contributed by atoms with E-state index in [4.69, 9.17) is 4.74 Å². The fourth-order valence-corrected chi connectivity index (χ4v) is 3.21. The standard InChI is InChI=1S/C20H22N2O3S/c23-19(17-8-4-5-9-18(17)26)21-16-10-12-22(13-11-16)20(24)25-14-15-6-2-1-3-7-15/h1-9,16,26H,10-14H2,(H,21,23). The van der Waals surface area contributed by atoms with Gasteiger partial charge in [-0.1, -0.05) is 42.5 Å². The molecule has 0 aromatic heterocycles. The minimum Gasteiger partial charge on any atom is -0.445 e. The van der Waals surface area contributed by atoms with Gasteiger partial charge in [-0.3, -0.25) is 4.79 Å². The highest BCUT2D eigenvalue weighted by atomic mass is 32.1. The number of piperidine rings is 1. The van der Waals surface area contributed by atoms with Gasteiger partial charge < -0.3 is 15.0 Å². The molecule has 2 aromatic carbocycles. The van der Waals surface area contributed by atoms with E-state index in [1.165, 1.54) is 0 Å². The summed E-state index contributed by atoms with van der Waals surface area (Å²) in [6.45, 7) is 1.41. The summed E-state index contributed by atoms with van der Waals surface area (Å²) in [6.07, 6.45) is 1.11. The Morgan fingerprint density at radius 1 is 1.04 bits per heavy atom. The SMILES string of the molecule is O=C(NC1CCN(C(=O)OCc2ccccc2)CC1)c1ccccc1S. The van der Waals surface area contributed by atoms with Gasteiger partial charge in [-0.25, -0.2) is 4.79 Å². The topological polar surface area (TPSA) is 58.6 Å². The van der Waals surface area contributed by atoms with E-state index in [-0.39, 0.29) is 24.6 Å². The normalized spacial score (nSPS) is 14.7. The number of likely N-dealkylation sites (tertiary alicyclic amines) is 1. The average molecular weight is 370 g/mol. The third kappa shape index (κ3) is 4.79. The van der Waals surface area contributed by atoms with Crippen LogP contribution in [0.15, 0.2) is 59.5 Å². The van der Waals surface area contributed by atoms with Crippen molar-refractivity contribution in [3.8, 4) is 0 Å². The Labute approximate surface area is 158 Å². The molecule has 0 aliphatic carbocycles. The first-order chi connectivity index (χ1) is 12.6. The van der Waals surface area contributed by atoms with E-state index in [9.17, 15) is 9.59 Å². The monoisotopic (exact) mass is 370 g/mol. The number of amides is 2. The van der Waals surface area contributed by atoms with Crippen molar-refractivity contribution in [2.45, 2.75) is 30.4 Å². The molecule has 1 aliphatic rings. The van der Waals surface area contributed by atoms with Crippen molar-refractivity contribution < 1.29 is 14.3 Å². The first kappa shape index (κ1) is 18.3. The van der Waals surface area contributed by atoms with Crippen molar-refractivity contribution in [3.05, 3.63) is 65.7 Å². The number of carbonyl (C=O) groups is 2. The Balaban J connectivity index is 1.44. The lowest BCUT2D eigenvalue weighted by atomic mass is 10.0. The molecule has 1 saturated heterocycles. The fourth-order valence-electron chi connectivity index (χ4n) is 2.95. The molecule has 0 radical (unpaired) electrons. The maximum atomic E-state index is 12.3. The second kappa shape index (κ2) is 8.76. The Kier molecular flexibility index (Phi) is 6.17. The second-order valence-corrected chi connectivity index (χ2v) is 6.77. The maximum absolute atomic E-state index is 12.3. The van der Waals surface area contributed by atoms with Crippen LogP contribution < -0.4 is 5.32 Å². The third-order valence-electron chi connectivity index (χ3n) is 4.44. The van der Waals surface area contributed by atoms with Crippen LogP contribution in [0, 0.1) is 0 Å². The lowest BCUT2D eigenvalue weighted by Crippen LogP contribution is -2.46. The summed E-state index contributed by atoms with van der Waals surface area (Å²) in [5.74, 6) is -0.124. The van der Waals surface area contributed by atoms with E-state index in [1.807, 2.05) is 42.5 Å². The summed E-state index contributed by atoms with van der Waals surface area (Å²) in [5, 5.41) is 3.03. The zero-order chi connectivity index (χ0) is 18.4. The summed E-state index contributed by atoms with van der Waals surface area (Å²) in [7, 11) is 0. The van der Waals surface area contributed by atoms with E-state index in [0.717, 1.165) is 5.56 Å². The smallest absolute Gasteiger partial charge is 0.410 e. The quantitative estimate of drug-likeness (QED) is 0.810. The Bertz CT molecular complexity index is 759. The van der Waals surface area contributed by atoms with Gasteiger partial charge >= 0.3 is 6.09 Å². The molecule has 0 saturated carbocycles. The van der Waals surface area contributed by atoms with Crippen molar-refractivity contribution >= 4 is 24.6 Å². The summed E-state index contributed by atoms with van der Waals surface area (Å²) in [6, 6.07) is 16.9. The second-order valence-electron chi connectivity index (χ2n) is 6.29. The molecule has 0 spiro atoms. The molecule has 1 N–H and O–H groups in total. The molecule has 2 amide bonds. The molecule has 1 fully saturated rings. The minimum absolute atomic E-state index is 0.0496. The van der Waals surface area contributed by atoms with Crippen LogP contribution in [-0.4, -0.2) is 36.0 Å².